The number of nitrogens with one attached hydrogen (secondary N) is 2. The van der Waals surface area contributed by atoms with Crippen LogP contribution in [0.2, 0.25) is 0 Å². The van der Waals surface area contributed by atoms with Crippen LogP contribution >= 0.6 is 0 Å². The van der Waals surface area contributed by atoms with Gasteiger partial charge in [-0.15, -0.1) is 0 Å². The molecule has 3 rings (SSSR count). The maximum absolute atomic E-state index is 14.6. The molecule has 6 N–H and O–H groups in total. The van der Waals surface area contributed by atoms with E-state index in [-0.39, 0.29) is 34.6 Å². The summed E-state index contributed by atoms with van der Waals surface area (Å²) in [7, 11) is 0. The number of unbranched alkanes of at least 4 members (excludes halogenated alkanes) is 1. The normalized spacial score (nSPS) is 14.6. The average Bonchev–Trinajstić information content (AvgIpc) is 2.69. The Kier molecular flexibility index (Phi) is 5.65. The number of nitrogens with zero attached hydrogens (tertiary/aromatic N) is 4. The monoisotopic (exact) mass is 394 g/mol. The van der Waals surface area contributed by atoms with Crippen LogP contribution in [0.3, 0.4) is 0 Å². The van der Waals surface area contributed by atoms with E-state index in [1.54, 1.807) is 12.3 Å². The molecule has 0 saturated carbocycles. The first-order valence-corrected chi connectivity index (χ1v) is 8.91. The molecule has 1 unspecified atom stereocenters. The van der Waals surface area contributed by atoms with E-state index in [2.05, 4.69) is 20.6 Å². The molecule has 0 spiro atoms. The zero-order chi connectivity index (χ0) is 21.0. The summed E-state index contributed by atoms with van der Waals surface area (Å²) in [6.45, 7) is 2.43. The van der Waals surface area contributed by atoms with Crippen LogP contribution in [-0.2, 0) is 0 Å². The molecule has 0 radical (unpaired) electrons. The van der Waals surface area contributed by atoms with E-state index in [0.29, 0.717) is 17.7 Å². The Morgan fingerprint density at radius 1 is 1.34 bits per heavy atom. The maximum Gasteiger partial charge on any atom is 0.211 e. The minimum absolute atomic E-state index is 0.0161. The third-order valence-electron chi connectivity index (χ3n) is 4.38. The molecule has 1 aromatic heterocycles. The lowest BCUT2D eigenvalue weighted by Crippen LogP contribution is -2.32. The SMILES string of the molecule is CCCCOc1ccc(C2N=C(NC#N)Nc3nc(N)c(C#N)c(N)c32)cc1F. The van der Waals surface area contributed by atoms with Gasteiger partial charge in [-0.25, -0.2) is 14.4 Å². The van der Waals surface area contributed by atoms with Gasteiger partial charge in [-0.1, -0.05) is 19.4 Å². The van der Waals surface area contributed by atoms with E-state index in [1.807, 2.05) is 13.0 Å². The van der Waals surface area contributed by atoms with Crippen molar-refractivity contribution in [3.05, 3.63) is 40.7 Å². The van der Waals surface area contributed by atoms with Crippen LogP contribution in [0, 0.1) is 28.6 Å². The Bertz CT molecular complexity index is 1050. The van der Waals surface area contributed by atoms with E-state index >= 15 is 0 Å². The van der Waals surface area contributed by atoms with E-state index < -0.39 is 11.9 Å². The number of hydrogen-bond acceptors (Lipinski definition) is 9. The van der Waals surface area contributed by atoms with Crippen LogP contribution < -0.4 is 26.8 Å². The van der Waals surface area contributed by atoms with Crippen molar-refractivity contribution >= 4 is 23.3 Å². The fourth-order valence-corrected chi connectivity index (χ4v) is 2.95. The summed E-state index contributed by atoms with van der Waals surface area (Å²) in [5.41, 5.74) is 12.9. The van der Waals surface area contributed by atoms with Crippen molar-refractivity contribution in [3.8, 4) is 18.0 Å². The Labute approximate surface area is 166 Å². The molecule has 0 aliphatic carbocycles. The van der Waals surface area contributed by atoms with Crippen LogP contribution in [0.4, 0.5) is 21.7 Å². The van der Waals surface area contributed by atoms with Gasteiger partial charge < -0.3 is 21.5 Å². The maximum atomic E-state index is 14.6. The number of halogens is 1. The van der Waals surface area contributed by atoms with Crippen molar-refractivity contribution in [2.24, 2.45) is 4.99 Å². The Morgan fingerprint density at radius 2 is 2.14 bits per heavy atom. The van der Waals surface area contributed by atoms with E-state index in [0.717, 1.165) is 12.8 Å². The number of guanidine groups is 1. The molecule has 0 bridgehead atoms. The van der Waals surface area contributed by atoms with Crippen molar-refractivity contribution in [2.45, 2.75) is 25.8 Å². The Hall–Kier alpha value is -4.05. The summed E-state index contributed by atoms with van der Waals surface area (Å²) in [6, 6.07) is 5.57. The molecular weight excluding hydrogens is 375 g/mol. The molecule has 1 aliphatic heterocycles. The van der Waals surface area contributed by atoms with Gasteiger partial charge >= 0.3 is 0 Å². The number of ether oxygens (including phenoxy) is 1. The molecule has 0 fully saturated rings. The van der Waals surface area contributed by atoms with Crippen LogP contribution in [0.15, 0.2) is 23.2 Å². The first kappa shape index (κ1) is 19.7. The smallest absolute Gasteiger partial charge is 0.211 e. The molecule has 29 heavy (non-hydrogen) atoms. The number of hydrogen-bond donors (Lipinski definition) is 4. The van der Waals surface area contributed by atoms with Crippen LogP contribution in [0.25, 0.3) is 0 Å². The molecule has 148 valence electrons. The fourth-order valence-electron chi connectivity index (χ4n) is 2.95. The van der Waals surface area contributed by atoms with Gasteiger partial charge in [-0.2, -0.15) is 10.5 Å². The third kappa shape index (κ3) is 3.82. The summed E-state index contributed by atoms with van der Waals surface area (Å²) in [5.74, 6) is -0.132. The van der Waals surface area contributed by atoms with Crippen molar-refractivity contribution < 1.29 is 9.13 Å². The number of nitrogen functional groups attached to an aromatic ring is 2. The molecule has 2 aromatic rings. The first-order valence-electron chi connectivity index (χ1n) is 8.91. The molecule has 2 heterocycles. The largest absolute Gasteiger partial charge is 0.491 e. The Morgan fingerprint density at radius 3 is 2.79 bits per heavy atom. The highest BCUT2D eigenvalue weighted by atomic mass is 19.1. The number of nitrogens with two attached hydrogens (primary N) is 2. The van der Waals surface area contributed by atoms with E-state index in [1.165, 1.54) is 12.1 Å². The van der Waals surface area contributed by atoms with E-state index in [4.69, 9.17) is 21.5 Å². The van der Waals surface area contributed by atoms with Gasteiger partial charge in [0.05, 0.1) is 12.3 Å². The van der Waals surface area contributed by atoms with Crippen LogP contribution in [-0.4, -0.2) is 17.6 Å². The van der Waals surface area contributed by atoms with Crippen molar-refractivity contribution in [3.63, 3.8) is 0 Å². The summed E-state index contributed by atoms with van der Waals surface area (Å²) in [5, 5.41) is 23.5. The molecular formula is C19H19FN8O. The van der Waals surface area contributed by atoms with Crippen molar-refractivity contribution in [1.82, 2.24) is 10.3 Å². The highest BCUT2D eigenvalue weighted by Gasteiger charge is 2.30. The summed E-state index contributed by atoms with van der Waals surface area (Å²) < 4.78 is 20.0. The second kappa shape index (κ2) is 8.31. The van der Waals surface area contributed by atoms with Crippen molar-refractivity contribution in [2.75, 3.05) is 23.4 Å². The molecule has 0 amide bonds. The highest BCUT2D eigenvalue weighted by molar-refractivity contribution is 5.98. The van der Waals surface area contributed by atoms with Crippen molar-refractivity contribution in [1.29, 1.82) is 10.5 Å². The molecule has 0 saturated heterocycles. The number of pyridine rings is 1. The van der Waals surface area contributed by atoms with Gasteiger partial charge in [-0.05, 0) is 24.1 Å². The van der Waals surface area contributed by atoms with E-state index in [9.17, 15) is 9.65 Å². The van der Waals surface area contributed by atoms with Gasteiger partial charge in [-0.3, -0.25) is 5.32 Å². The topological polar surface area (TPSA) is 158 Å². The number of fused-ring (bicyclic) bond motifs is 1. The molecule has 10 heteroatoms. The summed E-state index contributed by atoms with van der Waals surface area (Å²) >= 11 is 0. The summed E-state index contributed by atoms with van der Waals surface area (Å²) in [6.07, 6.45) is 3.51. The van der Waals surface area contributed by atoms with Gasteiger partial charge in [0.15, 0.2) is 17.8 Å². The fraction of sp³-hybridized carbons (Fsp3) is 0.263. The quantitative estimate of drug-likeness (QED) is 0.342. The molecule has 1 aromatic carbocycles. The van der Waals surface area contributed by atoms with Crippen LogP contribution in [0.1, 0.15) is 42.5 Å². The predicted octanol–water partition coefficient (Wildman–Crippen LogP) is 2.38. The highest BCUT2D eigenvalue weighted by Crippen LogP contribution is 2.41. The lowest BCUT2D eigenvalue weighted by Gasteiger charge is -2.26. The van der Waals surface area contributed by atoms with Gasteiger partial charge in [0, 0.05) is 5.56 Å². The number of benzene rings is 1. The number of aromatic nitrogens is 1. The zero-order valence-electron chi connectivity index (χ0n) is 15.7. The first-order chi connectivity index (χ1) is 14.0. The second-order valence-electron chi connectivity index (χ2n) is 6.29. The van der Waals surface area contributed by atoms with Gasteiger partial charge in [0.2, 0.25) is 5.96 Å². The minimum Gasteiger partial charge on any atom is -0.491 e. The Balaban J connectivity index is 2.08. The lowest BCUT2D eigenvalue weighted by atomic mass is 9.95. The summed E-state index contributed by atoms with van der Waals surface area (Å²) in [4.78, 5) is 8.55. The third-order valence-corrected chi connectivity index (χ3v) is 4.38. The number of anilines is 3. The standard InChI is InChI=1S/C19H19FN8O/c1-2-3-6-29-13-5-4-10(7-12(13)20)16-14-15(23)11(8-21)17(24)27-18(14)28-19(26-16)25-9-22/h4-5,7,16H,2-3,6H2,1H3,(H6,23,24,25,26,27,28). The lowest BCUT2D eigenvalue weighted by molar-refractivity contribution is 0.294. The number of aliphatic imine (C=N–C) groups is 1. The number of nitriles is 2. The van der Waals surface area contributed by atoms with Gasteiger partial charge in [0.25, 0.3) is 0 Å². The zero-order valence-corrected chi connectivity index (χ0v) is 15.7. The van der Waals surface area contributed by atoms with Gasteiger partial charge in [0.1, 0.15) is 29.3 Å². The predicted molar refractivity (Wildman–Crippen MR) is 106 cm³/mol. The number of rotatable bonds is 5. The minimum atomic E-state index is -0.804. The second-order valence-corrected chi connectivity index (χ2v) is 6.29. The van der Waals surface area contributed by atoms with Crippen LogP contribution in [0.5, 0.6) is 5.75 Å². The molecule has 1 atom stereocenters. The average molecular weight is 394 g/mol. The molecule has 1 aliphatic rings. The molecule has 9 nitrogen and oxygen atoms in total.